The Kier molecular flexibility index (Phi) is 4.02. The summed E-state index contributed by atoms with van der Waals surface area (Å²) < 4.78 is 0. The minimum absolute atomic E-state index is 0.823. The molecule has 0 saturated heterocycles. The fraction of sp³-hybridized carbons (Fsp3) is 0.733. The van der Waals surface area contributed by atoms with Crippen LogP contribution in [0.15, 0.2) is 17.5 Å². The maximum Gasteiger partial charge on any atom is 0.0330 e. The molecular weight excluding hydrogens is 240 g/mol. The lowest BCUT2D eigenvalue weighted by molar-refractivity contribution is 0.0604. The minimum Gasteiger partial charge on any atom is -0.314 e. The third-order valence-corrected chi connectivity index (χ3v) is 5.30. The molecule has 1 N–H and O–H groups in total. The van der Waals surface area contributed by atoms with Crippen LogP contribution < -0.4 is 5.32 Å². The average Bonchev–Trinajstić information content (AvgIpc) is 3.02. The molecule has 3 rings (SSSR count). The van der Waals surface area contributed by atoms with E-state index < -0.39 is 0 Å². The minimum atomic E-state index is 0.823. The van der Waals surface area contributed by atoms with Gasteiger partial charge in [0.05, 0.1) is 0 Å². The van der Waals surface area contributed by atoms with Gasteiger partial charge in [0.2, 0.25) is 0 Å². The van der Waals surface area contributed by atoms with Gasteiger partial charge in [0.1, 0.15) is 0 Å². The molecule has 2 unspecified atom stereocenters. The monoisotopic (exact) mass is 264 g/mol. The lowest BCUT2D eigenvalue weighted by Crippen LogP contribution is -2.50. The molecule has 1 aromatic heterocycles. The van der Waals surface area contributed by atoms with Crippen LogP contribution in [0, 0.1) is 5.92 Å². The second-order valence-corrected chi connectivity index (χ2v) is 6.76. The van der Waals surface area contributed by atoms with E-state index >= 15 is 0 Å². The summed E-state index contributed by atoms with van der Waals surface area (Å²) in [6.07, 6.45) is 5.63. The van der Waals surface area contributed by atoms with Crippen molar-refractivity contribution in [2.75, 3.05) is 13.1 Å². The van der Waals surface area contributed by atoms with Gasteiger partial charge in [-0.05, 0) is 56.1 Å². The molecule has 2 atom stereocenters. The molecule has 2 nitrogen and oxygen atoms in total. The van der Waals surface area contributed by atoms with E-state index in [1.54, 1.807) is 0 Å². The SMILES string of the molecule is CCN(Cc1cccs1)C1CCC1CNC1CC1. The molecule has 1 heterocycles. The van der Waals surface area contributed by atoms with Gasteiger partial charge >= 0.3 is 0 Å². The Morgan fingerprint density at radius 3 is 2.78 bits per heavy atom. The average molecular weight is 264 g/mol. The highest BCUT2D eigenvalue weighted by molar-refractivity contribution is 7.09. The molecule has 2 saturated carbocycles. The highest BCUT2D eigenvalue weighted by atomic mass is 32.1. The zero-order valence-electron chi connectivity index (χ0n) is 11.3. The fourth-order valence-corrected chi connectivity index (χ4v) is 3.67. The molecule has 0 spiro atoms. The van der Waals surface area contributed by atoms with E-state index in [-0.39, 0.29) is 0 Å². The zero-order chi connectivity index (χ0) is 12.4. The summed E-state index contributed by atoms with van der Waals surface area (Å²) in [6, 6.07) is 6.12. The predicted molar refractivity (Wildman–Crippen MR) is 77.9 cm³/mol. The number of hydrogen-bond donors (Lipinski definition) is 1. The van der Waals surface area contributed by atoms with E-state index in [4.69, 9.17) is 0 Å². The molecule has 1 aromatic rings. The third kappa shape index (κ3) is 2.95. The van der Waals surface area contributed by atoms with E-state index in [1.165, 1.54) is 43.6 Å². The van der Waals surface area contributed by atoms with Gasteiger partial charge in [-0.15, -0.1) is 11.3 Å². The first-order chi connectivity index (χ1) is 8.86. The van der Waals surface area contributed by atoms with Crippen LogP contribution >= 0.6 is 11.3 Å². The largest absolute Gasteiger partial charge is 0.314 e. The maximum atomic E-state index is 3.70. The molecule has 0 aliphatic heterocycles. The Bertz CT molecular complexity index is 359. The van der Waals surface area contributed by atoms with Crippen LogP contribution in [0.4, 0.5) is 0 Å². The number of hydrogen-bond acceptors (Lipinski definition) is 3. The number of nitrogens with zero attached hydrogens (tertiary/aromatic N) is 1. The van der Waals surface area contributed by atoms with Crippen LogP contribution in [-0.4, -0.2) is 30.1 Å². The van der Waals surface area contributed by atoms with Crippen molar-refractivity contribution in [1.29, 1.82) is 0 Å². The summed E-state index contributed by atoms with van der Waals surface area (Å²) in [4.78, 5) is 4.19. The highest BCUT2D eigenvalue weighted by Gasteiger charge is 2.35. The molecular formula is C15H24N2S. The molecule has 3 heteroatoms. The smallest absolute Gasteiger partial charge is 0.0330 e. The standard InChI is InChI=1S/C15H24N2S/c1-2-17(11-14-4-3-9-18-14)15-8-5-12(15)10-16-13-6-7-13/h3-4,9,12-13,15-16H,2,5-8,10-11H2,1H3. The first-order valence-corrected chi connectivity index (χ1v) is 8.24. The molecule has 2 aliphatic rings. The molecule has 0 bridgehead atoms. The lowest BCUT2D eigenvalue weighted by atomic mass is 9.78. The quantitative estimate of drug-likeness (QED) is 0.814. The molecule has 100 valence electrons. The fourth-order valence-electron chi connectivity index (χ4n) is 2.94. The molecule has 2 aliphatic carbocycles. The van der Waals surface area contributed by atoms with Crippen LogP contribution in [0.5, 0.6) is 0 Å². The van der Waals surface area contributed by atoms with Gasteiger partial charge in [-0.2, -0.15) is 0 Å². The summed E-state index contributed by atoms with van der Waals surface area (Å²) in [5, 5.41) is 5.89. The van der Waals surface area contributed by atoms with Gasteiger partial charge in [-0.3, -0.25) is 4.90 Å². The number of nitrogens with one attached hydrogen (secondary N) is 1. The van der Waals surface area contributed by atoms with Crippen molar-refractivity contribution >= 4 is 11.3 Å². The number of rotatable bonds is 7. The van der Waals surface area contributed by atoms with Crippen LogP contribution in [0.3, 0.4) is 0 Å². The Hall–Kier alpha value is -0.380. The van der Waals surface area contributed by atoms with Crippen molar-refractivity contribution in [1.82, 2.24) is 10.2 Å². The molecule has 2 fully saturated rings. The van der Waals surface area contributed by atoms with Gasteiger partial charge in [0, 0.05) is 23.5 Å². The molecule has 0 aromatic carbocycles. The Balaban J connectivity index is 1.50. The van der Waals surface area contributed by atoms with E-state index in [0.29, 0.717) is 0 Å². The first kappa shape index (κ1) is 12.6. The Labute approximate surface area is 114 Å². The van der Waals surface area contributed by atoms with Crippen molar-refractivity contribution in [2.45, 2.75) is 51.2 Å². The van der Waals surface area contributed by atoms with Crippen LogP contribution in [0.1, 0.15) is 37.5 Å². The number of thiophene rings is 1. The van der Waals surface area contributed by atoms with E-state index in [0.717, 1.165) is 24.5 Å². The van der Waals surface area contributed by atoms with Crippen LogP contribution in [-0.2, 0) is 6.54 Å². The molecule has 18 heavy (non-hydrogen) atoms. The topological polar surface area (TPSA) is 15.3 Å². The van der Waals surface area contributed by atoms with E-state index in [9.17, 15) is 0 Å². The van der Waals surface area contributed by atoms with Crippen molar-refractivity contribution in [3.8, 4) is 0 Å². The summed E-state index contributed by atoms with van der Waals surface area (Å²) in [7, 11) is 0. The maximum absolute atomic E-state index is 3.70. The predicted octanol–water partition coefficient (Wildman–Crippen LogP) is 3.10. The third-order valence-electron chi connectivity index (χ3n) is 4.44. The Morgan fingerprint density at radius 1 is 1.33 bits per heavy atom. The van der Waals surface area contributed by atoms with E-state index in [2.05, 4.69) is 34.7 Å². The summed E-state index contributed by atoms with van der Waals surface area (Å²) >= 11 is 1.89. The molecule has 0 amide bonds. The molecule has 0 radical (unpaired) electrons. The first-order valence-electron chi connectivity index (χ1n) is 7.36. The van der Waals surface area contributed by atoms with Gasteiger partial charge in [-0.1, -0.05) is 13.0 Å². The zero-order valence-corrected chi connectivity index (χ0v) is 12.1. The van der Waals surface area contributed by atoms with E-state index in [1.807, 2.05) is 11.3 Å². The van der Waals surface area contributed by atoms with Gasteiger partial charge < -0.3 is 5.32 Å². The van der Waals surface area contributed by atoms with Crippen molar-refractivity contribution in [3.63, 3.8) is 0 Å². The second-order valence-electron chi connectivity index (χ2n) is 5.73. The van der Waals surface area contributed by atoms with Crippen molar-refractivity contribution in [2.24, 2.45) is 5.92 Å². The summed E-state index contributed by atoms with van der Waals surface area (Å²) in [5.41, 5.74) is 0. The summed E-state index contributed by atoms with van der Waals surface area (Å²) in [5.74, 6) is 0.894. The normalized spacial score (nSPS) is 27.4. The van der Waals surface area contributed by atoms with Gasteiger partial charge in [0.25, 0.3) is 0 Å². The van der Waals surface area contributed by atoms with Crippen LogP contribution in [0.2, 0.25) is 0 Å². The Morgan fingerprint density at radius 2 is 2.22 bits per heavy atom. The van der Waals surface area contributed by atoms with Crippen molar-refractivity contribution in [3.05, 3.63) is 22.4 Å². The van der Waals surface area contributed by atoms with Gasteiger partial charge in [-0.25, -0.2) is 0 Å². The van der Waals surface area contributed by atoms with Crippen LogP contribution in [0.25, 0.3) is 0 Å². The van der Waals surface area contributed by atoms with Gasteiger partial charge in [0.15, 0.2) is 0 Å². The van der Waals surface area contributed by atoms with Crippen molar-refractivity contribution < 1.29 is 0 Å². The lowest BCUT2D eigenvalue weighted by Gasteiger charge is -2.44. The summed E-state index contributed by atoms with van der Waals surface area (Å²) in [6.45, 7) is 5.88. The highest BCUT2D eigenvalue weighted by Crippen LogP contribution is 2.33. The second kappa shape index (κ2) is 5.72.